The van der Waals surface area contributed by atoms with E-state index in [2.05, 4.69) is 14.9 Å². The van der Waals surface area contributed by atoms with Gasteiger partial charge in [-0.2, -0.15) is 13.2 Å². The molecule has 0 amide bonds. The van der Waals surface area contributed by atoms with Crippen LogP contribution in [0.25, 0.3) is 44.5 Å². The van der Waals surface area contributed by atoms with Gasteiger partial charge in [0.25, 0.3) is 0 Å². The lowest BCUT2D eigenvalue weighted by atomic mass is 10.0. The third kappa shape index (κ3) is 3.54. The number of benzene rings is 1. The van der Waals surface area contributed by atoms with Gasteiger partial charge in [-0.15, -0.1) is 0 Å². The molecule has 1 saturated heterocycles. The molecule has 6 rings (SSSR count). The van der Waals surface area contributed by atoms with Crippen molar-refractivity contribution in [3.05, 3.63) is 48.3 Å². The van der Waals surface area contributed by atoms with Crippen molar-refractivity contribution < 1.29 is 22.3 Å². The lowest BCUT2D eigenvalue weighted by Crippen LogP contribution is -2.31. The fourth-order valence-electron chi connectivity index (χ4n) is 4.42. The molecule has 10 heteroatoms. The van der Waals surface area contributed by atoms with E-state index in [0.717, 1.165) is 31.5 Å². The molecule has 0 atom stereocenters. The maximum Gasteiger partial charge on any atom is 0.416 e. The maximum atomic E-state index is 13.7. The van der Waals surface area contributed by atoms with E-state index < -0.39 is 11.7 Å². The van der Waals surface area contributed by atoms with E-state index in [1.165, 1.54) is 0 Å². The molecule has 0 aliphatic carbocycles. The average Bonchev–Trinajstić information content (AvgIpc) is 3.42. The number of H-pyrrole nitrogens is 1. The van der Waals surface area contributed by atoms with E-state index in [0.29, 0.717) is 64.2 Å². The second-order valence-corrected chi connectivity index (χ2v) is 8.27. The fraction of sp³-hybridized carbons (Fsp3) is 0.292. The van der Waals surface area contributed by atoms with E-state index in [1.807, 2.05) is 6.07 Å². The molecule has 4 aromatic heterocycles. The number of fused-ring (bicyclic) bond motifs is 4. The van der Waals surface area contributed by atoms with Crippen LogP contribution in [0.4, 0.5) is 19.0 Å². The first-order chi connectivity index (χ1) is 16.5. The molecule has 0 saturated carbocycles. The summed E-state index contributed by atoms with van der Waals surface area (Å²) in [4.78, 5) is 18.7. The number of furan rings is 1. The molecule has 7 nitrogen and oxygen atoms in total. The Morgan fingerprint density at radius 2 is 1.91 bits per heavy atom. The average molecular weight is 467 g/mol. The highest BCUT2D eigenvalue weighted by molar-refractivity contribution is 6.06. The van der Waals surface area contributed by atoms with Gasteiger partial charge in [0.05, 0.1) is 17.6 Å². The number of ether oxygens (including phenoxy) is 1. The Bertz CT molecular complexity index is 1500. The SMILES string of the molecule is FC(F)(F)c1cc(-c2nc(N3CCCCOCC3)c3oc4ncccc4c3n2)c2cc[nH]c2c1. The molecule has 1 fully saturated rings. The number of rotatable bonds is 2. The van der Waals surface area contributed by atoms with E-state index in [1.54, 1.807) is 24.5 Å². The summed E-state index contributed by atoms with van der Waals surface area (Å²) in [7, 11) is 0. The topological polar surface area (TPSA) is 80.1 Å². The van der Waals surface area contributed by atoms with Gasteiger partial charge in [-0.25, -0.2) is 15.0 Å². The Morgan fingerprint density at radius 1 is 1.00 bits per heavy atom. The Morgan fingerprint density at radius 3 is 2.79 bits per heavy atom. The van der Waals surface area contributed by atoms with Crippen LogP contribution in [0.15, 0.2) is 47.1 Å². The lowest BCUT2D eigenvalue weighted by Gasteiger charge is -2.26. The quantitative estimate of drug-likeness (QED) is 0.366. The van der Waals surface area contributed by atoms with Crippen molar-refractivity contribution in [2.45, 2.75) is 19.0 Å². The summed E-state index contributed by atoms with van der Waals surface area (Å²) >= 11 is 0. The van der Waals surface area contributed by atoms with E-state index in [9.17, 15) is 13.2 Å². The van der Waals surface area contributed by atoms with Gasteiger partial charge in [0.1, 0.15) is 5.52 Å². The maximum absolute atomic E-state index is 13.7. The van der Waals surface area contributed by atoms with E-state index in [4.69, 9.17) is 19.1 Å². The van der Waals surface area contributed by atoms with Crippen molar-refractivity contribution in [2.24, 2.45) is 0 Å². The Kier molecular flexibility index (Phi) is 4.91. The monoisotopic (exact) mass is 467 g/mol. The van der Waals surface area contributed by atoms with Crippen molar-refractivity contribution >= 4 is 38.9 Å². The number of nitrogens with zero attached hydrogens (tertiary/aromatic N) is 4. The minimum absolute atomic E-state index is 0.202. The number of hydrogen-bond acceptors (Lipinski definition) is 6. The molecule has 5 aromatic rings. The zero-order valence-corrected chi connectivity index (χ0v) is 18.0. The summed E-state index contributed by atoms with van der Waals surface area (Å²) in [5, 5.41) is 1.29. The van der Waals surface area contributed by atoms with Crippen LogP contribution in [0.3, 0.4) is 0 Å². The largest absolute Gasteiger partial charge is 0.432 e. The zero-order valence-electron chi connectivity index (χ0n) is 18.0. The number of alkyl halides is 3. The molecule has 1 aromatic carbocycles. The molecule has 0 spiro atoms. The molecule has 174 valence electrons. The standard InChI is InChI=1S/C24H20F3N5O2/c25-24(26,27)14-12-17(15-5-7-28-18(15)13-14)21-30-19-16-4-3-6-29-23(16)34-20(19)22(31-21)32-8-1-2-10-33-11-9-32/h3-7,12-13,28H,1-2,8-11H2. The molecule has 0 radical (unpaired) electrons. The molecule has 1 aliphatic rings. The molecule has 5 heterocycles. The smallest absolute Gasteiger partial charge is 0.416 e. The highest BCUT2D eigenvalue weighted by atomic mass is 19.4. The molecule has 0 unspecified atom stereocenters. The third-order valence-corrected chi connectivity index (χ3v) is 6.08. The first-order valence-electron chi connectivity index (χ1n) is 11.1. The van der Waals surface area contributed by atoms with Crippen LogP contribution >= 0.6 is 0 Å². The molecular formula is C24H20F3N5O2. The second-order valence-electron chi connectivity index (χ2n) is 8.27. The highest BCUT2D eigenvalue weighted by Gasteiger charge is 2.32. The van der Waals surface area contributed by atoms with Crippen LogP contribution in [-0.4, -0.2) is 46.2 Å². The van der Waals surface area contributed by atoms with Gasteiger partial charge in [0.2, 0.25) is 5.71 Å². The number of pyridine rings is 1. The summed E-state index contributed by atoms with van der Waals surface area (Å²) in [6.45, 7) is 2.53. The number of aromatic amines is 1. The summed E-state index contributed by atoms with van der Waals surface area (Å²) in [5.74, 6) is 0.734. The summed E-state index contributed by atoms with van der Waals surface area (Å²) < 4.78 is 52.7. The third-order valence-electron chi connectivity index (χ3n) is 6.08. The van der Waals surface area contributed by atoms with Gasteiger partial charge in [-0.05, 0) is 43.2 Å². The van der Waals surface area contributed by atoms with Crippen LogP contribution < -0.4 is 4.90 Å². The molecule has 34 heavy (non-hydrogen) atoms. The molecular weight excluding hydrogens is 447 g/mol. The van der Waals surface area contributed by atoms with Crippen molar-refractivity contribution in [3.8, 4) is 11.4 Å². The van der Waals surface area contributed by atoms with Gasteiger partial charge >= 0.3 is 6.18 Å². The van der Waals surface area contributed by atoms with Crippen molar-refractivity contribution in [2.75, 3.05) is 31.2 Å². The van der Waals surface area contributed by atoms with Gasteiger partial charge < -0.3 is 19.0 Å². The predicted molar refractivity (Wildman–Crippen MR) is 122 cm³/mol. The molecule has 0 bridgehead atoms. The number of halogens is 3. The first-order valence-corrected chi connectivity index (χ1v) is 11.1. The predicted octanol–water partition coefficient (Wildman–Crippen LogP) is 5.55. The van der Waals surface area contributed by atoms with Crippen LogP contribution in [0.5, 0.6) is 0 Å². The van der Waals surface area contributed by atoms with Gasteiger partial charge in [-0.3, -0.25) is 0 Å². The van der Waals surface area contributed by atoms with Gasteiger partial charge in [0.15, 0.2) is 17.2 Å². The van der Waals surface area contributed by atoms with Crippen LogP contribution in [0.2, 0.25) is 0 Å². The van der Waals surface area contributed by atoms with E-state index in [-0.39, 0.29) is 5.82 Å². The van der Waals surface area contributed by atoms with E-state index >= 15 is 0 Å². The second kappa shape index (κ2) is 7.98. The van der Waals surface area contributed by atoms with Crippen LogP contribution in [0, 0.1) is 0 Å². The Hall–Kier alpha value is -3.66. The molecule has 1 aliphatic heterocycles. The van der Waals surface area contributed by atoms with Crippen LogP contribution in [-0.2, 0) is 10.9 Å². The number of anilines is 1. The lowest BCUT2D eigenvalue weighted by molar-refractivity contribution is -0.137. The summed E-state index contributed by atoms with van der Waals surface area (Å²) in [6, 6.07) is 7.56. The minimum Gasteiger partial charge on any atom is -0.432 e. The zero-order chi connectivity index (χ0) is 23.3. The van der Waals surface area contributed by atoms with Crippen molar-refractivity contribution in [1.29, 1.82) is 0 Å². The van der Waals surface area contributed by atoms with Crippen molar-refractivity contribution in [3.63, 3.8) is 0 Å². The summed E-state index contributed by atoms with van der Waals surface area (Å²) in [6.07, 6.45) is 0.536. The Balaban J connectivity index is 1.63. The first kappa shape index (κ1) is 20.9. The fourth-order valence-corrected chi connectivity index (χ4v) is 4.42. The Labute approximate surface area is 191 Å². The van der Waals surface area contributed by atoms with Gasteiger partial charge in [0, 0.05) is 48.6 Å². The highest BCUT2D eigenvalue weighted by Crippen LogP contribution is 2.39. The number of aromatic nitrogens is 4. The normalized spacial score (nSPS) is 15.8. The number of hydrogen-bond donors (Lipinski definition) is 1. The van der Waals surface area contributed by atoms with Crippen LogP contribution in [0.1, 0.15) is 18.4 Å². The molecule has 1 N–H and O–H groups in total. The number of nitrogens with one attached hydrogen (secondary N) is 1. The van der Waals surface area contributed by atoms with Gasteiger partial charge in [-0.1, -0.05) is 0 Å². The minimum atomic E-state index is -4.51. The summed E-state index contributed by atoms with van der Waals surface area (Å²) in [5.41, 5.74) is 1.30. The van der Waals surface area contributed by atoms with Crippen molar-refractivity contribution in [1.82, 2.24) is 19.9 Å².